The van der Waals surface area contributed by atoms with Crippen LogP contribution in [0.4, 0.5) is 4.39 Å². The molecule has 1 fully saturated rings. The van der Waals surface area contributed by atoms with Gasteiger partial charge in [0.25, 0.3) is 0 Å². The molecule has 0 spiro atoms. The van der Waals surface area contributed by atoms with Crippen molar-refractivity contribution < 1.29 is 4.39 Å². The fourth-order valence-corrected chi connectivity index (χ4v) is 3.04. The van der Waals surface area contributed by atoms with E-state index in [1.54, 1.807) is 6.07 Å². The lowest BCUT2D eigenvalue weighted by molar-refractivity contribution is 0.362. The first-order valence-electron chi connectivity index (χ1n) is 7.38. The van der Waals surface area contributed by atoms with Crippen molar-refractivity contribution in [1.82, 2.24) is 5.32 Å². The van der Waals surface area contributed by atoms with Crippen LogP contribution in [-0.4, -0.2) is 6.04 Å². The van der Waals surface area contributed by atoms with Crippen LogP contribution in [0.15, 0.2) is 18.2 Å². The van der Waals surface area contributed by atoms with Gasteiger partial charge in [-0.25, -0.2) is 4.39 Å². The van der Waals surface area contributed by atoms with Crippen LogP contribution >= 0.6 is 11.6 Å². The molecule has 1 aliphatic rings. The second-order valence-electron chi connectivity index (χ2n) is 5.60. The van der Waals surface area contributed by atoms with Gasteiger partial charge in [-0.15, -0.1) is 0 Å². The van der Waals surface area contributed by atoms with E-state index >= 15 is 0 Å². The molecule has 1 aromatic carbocycles. The maximum atomic E-state index is 13.2. The van der Waals surface area contributed by atoms with E-state index in [1.807, 2.05) is 6.07 Å². The van der Waals surface area contributed by atoms with Gasteiger partial charge < -0.3 is 5.32 Å². The zero-order valence-electron chi connectivity index (χ0n) is 11.6. The van der Waals surface area contributed by atoms with Crippen molar-refractivity contribution in [2.45, 2.75) is 64.0 Å². The predicted molar refractivity (Wildman–Crippen MR) is 79.1 cm³/mol. The van der Waals surface area contributed by atoms with Gasteiger partial charge in [0.15, 0.2) is 0 Å². The summed E-state index contributed by atoms with van der Waals surface area (Å²) in [6, 6.07) is 5.81. The van der Waals surface area contributed by atoms with Gasteiger partial charge in [0.05, 0.1) is 5.02 Å². The first-order chi connectivity index (χ1) is 9.16. The van der Waals surface area contributed by atoms with Gasteiger partial charge in [-0.3, -0.25) is 0 Å². The molecule has 0 aromatic heterocycles. The minimum absolute atomic E-state index is 0.212. The van der Waals surface area contributed by atoms with Crippen LogP contribution in [0.1, 0.15) is 63.5 Å². The Bertz CT molecular complexity index is 400. The number of nitrogens with one attached hydrogen (secondary N) is 1. The van der Waals surface area contributed by atoms with E-state index < -0.39 is 0 Å². The molecular formula is C16H23ClFN. The number of hydrogen-bond acceptors (Lipinski definition) is 1. The Hall–Kier alpha value is -0.600. The van der Waals surface area contributed by atoms with Crippen LogP contribution in [0.5, 0.6) is 0 Å². The van der Waals surface area contributed by atoms with E-state index in [0.717, 1.165) is 5.56 Å². The highest BCUT2D eigenvalue weighted by atomic mass is 35.5. The summed E-state index contributed by atoms with van der Waals surface area (Å²) in [5.74, 6) is -0.344. The first-order valence-corrected chi connectivity index (χ1v) is 7.75. The molecule has 3 heteroatoms. The predicted octanol–water partition coefficient (Wildman–Crippen LogP) is 5.24. The van der Waals surface area contributed by atoms with Crippen LogP contribution in [0.3, 0.4) is 0 Å². The van der Waals surface area contributed by atoms with Crippen molar-refractivity contribution in [3.63, 3.8) is 0 Å². The van der Waals surface area contributed by atoms with Crippen LogP contribution in [0.2, 0.25) is 5.02 Å². The third-order valence-electron chi connectivity index (χ3n) is 4.03. The van der Waals surface area contributed by atoms with Crippen molar-refractivity contribution in [3.05, 3.63) is 34.6 Å². The summed E-state index contributed by atoms with van der Waals surface area (Å²) in [6.45, 7) is 2.13. The number of rotatable bonds is 3. The molecule has 0 bridgehead atoms. The molecule has 0 aliphatic heterocycles. The summed E-state index contributed by atoms with van der Waals surface area (Å²) in [4.78, 5) is 0. The molecule has 0 saturated heterocycles. The highest BCUT2D eigenvalue weighted by Gasteiger charge is 2.15. The van der Waals surface area contributed by atoms with Crippen LogP contribution < -0.4 is 5.32 Å². The van der Waals surface area contributed by atoms with Crippen LogP contribution in [-0.2, 0) is 0 Å². The SMILES string of the molecule is CC(NC1CCCCCCC1)c1ccc(F)c(Cl)c1. The number of halogens is 2. The second kappa shape index (κ2) is 7.25. The minimum Gasteiger partial charge on any atom is -0.307 e. The Labute approximate surface area is 120 Å². The number of benzene rings is 1. The number of hydrogen-bond donors (Lipinski definition) is 1. The Balaban J connectivity index is 1.94. The molecule has 1 unspecified atom stereocenters. The van der Waals surface area contributed by atoms with Crippen molar-refractivity contribution in [1.29, 1.82) is 0 Å². The van der Waals surface area contributed by atoms with E-state index in [-0.39, 0.29) is 16.9 Å². The monoisotopic (exact) mass is 283 g/mol. The molecular weight excluding hydrogens is 261 g/mol. The second-order valence-corrected chi connectivity index (χ2v) is 6.01. The molecule has 1 aliphatic carbocycles. The average Bonchev–Trinajstić information content (AvgIpc) is 2.35. The molecule has 0 radical (unpaired) electrons. The summed E-state index contributed by atoms with van der Waals surface area (Å²) in [7, 11) is 0. The molecule has 106 valence electrons. The van der Waals surface area contributed by atoms with Gasteiger partial charge in [0, 0.05) is 12.1 Å². The standard InChI is InChI=1S/C16H23ClFN/c1-12(13-9-10-16(18)15(17)11-13)19-14-7-5-3-2-4-6-8-14/h9-12,14,19H,2-8H2,1H3. The third kappa shape index (κ3) is 4.47. The van der Waals surface area contributed by atoms with Gasteiger partial charge >= 0.3 is 0 Å². The molecule has 1 aromatic rings. The first kappa shape index (κ1) is 14.8. The lowest BCUT2D eigenvalue weighted by Gasteiger charge is -2.25. The van der Waals surface area contributed by atoms with Gasteiger partial charge in [-0.1, -0.05) is 49.8 Å². The fourth-order valence-electron chi connectivity index (χ4n) is 2.85. The van der Waals surface area contributed by atoms with Crippen molar-refractivity contribution in [2.75, 3.05) is 0 Å². The van der Waals surface area contributed by atoms with E-state index in [4.69, 9.17) is 11.6 Å². The van der Waals surface area contributed by atoms with E-state index in [9.17, 15) is 4.39 Å². The molecule has 1 saturated carbocycles. The van der Waals surface area contributed by atoms with Gasteiger partial charge in [-0.2, -0.15) is 0 Å². The molecule has 1 N–H and O–H groups in total. The lowest BCUT2D eigenvalue weighted by atomic mass is 9.95. The Morgan fingerprint density at radius 3 is 2.42 bits per heavy atom. The molecule has 2 rings (SSSR count). The van der Waals surface area contributed by atoms with Gasteiger partial charge in [-0.05, 0) is 37.5 Å². The summed E-state index contributed by atoms with van der Waals surface area (Å²) in [6.07, 6.45) is 9.22. The zero-order chi connectivity index (χ0) is 13.7. The Morgan fingerprint density at radius 2 is 1.79 bits per heavy atom. The summed E-state index contributed by atoms with van der Waals surface area (Å²) in [5.41, 5.74) is 1.06. The normalized spacial score (nSPS) is 19.7. The Morgan fingerprint density at radius 1 is 1.16 bits per heavy atom. The molecule has 1 nitrogen and oxygen atoms in total. The quantitative estimate of drug-likeness (QED) is 0.799. The highest BCUT2D eigenvalue weighted by Crippen LogP contribution is 2.23. The van der Waals surface area contributed by atoms with Gasteiger partial charge in [0.2, 0.25) is 0 Å². The van der Waals surface area contributed by atoms with Crippen molar-refractivity contribution in [2.24, 2.45) is 0 Å². The smallest absolute Gasteiger partial charge is 0.141 e. The minimum atomic E-state index is -0.344. The highest BCUT2D eigenvalue weighted by molar-refractivity contribution is 6.30. The van der Waals surface area contributed by atoms with E-state index in [1.165, 1.54) is 51.0 Å². The lowest BCUT2D eigenvalue weighted by Crippen LogP contribution is -2.32. The summed E-state index contributed by atoms with van der Waals surface area (Å²) in [5, 5.41) is 3.88. The third-order valence-corrected chi connectivity index (χ3v) is 4.32. The largest absolute Gasteiger partial charge is 0.307 e. The topological polar surface area (TPSA) is 12.0 Å². The van der Waals surface area contributed by atoms with Crippen LogP contribution in [0.25, 0.3) is 0 Å². The maximum Gasteiger partial charge on any atom is 0.141 e. The maximum absolute atomic E-state index is 13.2. The van der Waals surface area contributed by atoms with Crippen LogP contribution in [0, 0.1) is 5.82 Å². The average molecular weight is 284 g/mol. The zero-order valence-corrected chi connectivity index (χ0v) is 12.3. The molecule has 1 atom stereocenters. The molecule has 19 heavy (non-hydrogen) atoms. The summed E-state index contributed by atoms with van der Waals surface area (Å²) < 4.78 is 13.2. The van der Waals surface area contributed by atoms with E-state index in [0.29, 0.717) is 6.04 Å². The van der Waals surface area contributed by atoms with Crippen molar-refractivity contribution >= 4 is 11.6 Å². The molecule has 0 heterocycles. The fraction of sp³-hybridized carbons (Fsp3) is 0.625. The van der Waals surface area contributed by atoms with E-state index in [2.05, 4.69) is 12.2 Å². The van der Waals surface area contributed by atoms with Crippen molar-refractivity contribution in [3.8, 4) is 0 Å². The Kier molecular flexibility index (Phi) is 5.65. The summed E-state index contributed by atoms with van der Waals surface area (Å²) >= 11 is 5.85. The molecule has 0 amide bonds. The van der Waals surface area contributed by atoms with Gasteiger partial charge in [0.1, 0.15) is 5.82 Å².